The van der Waals surface area contributed by atoms with Crippen molar-refractivity contribution in [2.24, 2.45) is 0 Å². The zero-order chi connectivity index (χ0) is 19.1. The van der Waals surface area contributed by atoms with E-state index in [2.05, 4.69) is 21.9 Å². The molecular weight excluding hydrogens is 374 g/mol. The van der Waals surface area contributed by atoms with Crippen molar-refractivity contribution in [1.82, 2.24) is 15.3 Å². The number of aromatic amines is 1. The van der Waals surface area contributed by atoms with Gasteiger partial charge in [-0.2, -0.15) is 11.8 Å². The van der Waals surface area contributed by atoms with Crippen molar-refractivity contribution in [1.29, 1.82) is 0 Å². The number of amides is 1. The van der Waals surface area contributed by atoms with Gasteiger partial charge in [0.1, 0.15) is 15.5 Å². The highest BCUT2D eigenvalue weighted by molar-refractivity contribution is 7.98. The lowest BCUT2D eigenvalue weighted by Gasteiger charge is -2.03. The van der Waals surface area contributed by atoms with Crippen LogP contribution in [0.5, 0.6) is 0 Å². The van der Waals surface area contributed by atoms with Gasteiger partial charge in [0.05, 0.1) is 17.7 Å². The Bertz CT molecular complexity index is 873. The second kappa shape index (κ2) is 9.54. The molecule has 0 saturated carbocycles. The maximum atomic E-state index is 12.3. The Labute approximate surface area is 159 Å². The first-order chi connectivity index (χ1) is 12.5. The van der Waals surface area contributed by atoms with Crippen molar-refractivity contribution in [3.63, 3.8) is 0 Å². The van der Waals surface area contributed by atoms with E-state index < -0.39 is 5.97 Å². The van der Waals surface area contributed by atoms with E-state index in [1.54, 1.807) is 19.9 Å². The first-order valence-corrected chi connectivity index (χ1v) is 10.1. The van der Waals surface area contributed by atoms with Crippen LogP contribution in [0.25, 0.3) is 10.2 Å². The van der Waals surface area contributed by atoms with Gasteiger partial charge >= 0.3 is 5.97 Å². The number of nitrogens with one attached hydrogen (secondary N) is 2. The lowest BCUT2D eigenvalue weighted by molar-refractivity contribution is -0.120. The van der Waals surface area contributed by atoms with Gasteiger partial charge in [0.2, 0.25) is 5.91 Å². The molecule has 2 heterocycles. The Balaban J connectivity index is 2.06. The van der Waals surface area contributed by atoms with E-state index in [0.717, 1.165) is 0 Å². The minimum atomic E-state index is -0.436. The number of aryl methyl sites for hydroxylation is 1. The number of rotatable bonds is 9. The number of carbonyl (C=O) groups is 2. The van der Waals surface area contributed by atoms with Gasteiger partial charge in [-0.05, 0) is 19.4 Å². The van der Waals surface area contributed by atoms with Crippen molar-refractivity contribution >= 4 is 45.2 Å². The molecule has 2 aromatic heterocycles. The fourth-order valence-electron chi connectivity index (χ4n) is 2.26. The van der Waals surface area contributed by atoms with Crippen LogP contribution in [0.4, 0.5) is 0 Å². The maximum Gasteiger partial charge on any atom is 0.348 e. The summed E-state index contributed by atoms with van der Waals surface area (Å²) in [5, 5.41) is 3.13. The van der Waals surface area contributed by atoms with Gasteiger partial charge in [-0.15, -0.1) is 17.9 Å². The number of H-pyrrole nitrogens is 1. The highest BCUT2D eigenvalue weighted by Gasteiger charge is 2.20. The second-order valence-electron chi connectivity index (χ2n) is 5.36. The van der Waals surface area contributed by atoms with Gasteiger partial charge < -0.3 is 15.0 Å². The molecular formula is C17H21N3O4S2. The van der Waals surface area contributed by atoms with Gasteiger partial charge in [0.25, 0.3) is 5.56 Å². The van der Waals surface area contributed by atoms with Crippen molar-refractivity contribution in [2.45, 2.75) is 26.0 Å². The van der Waals surface area contributed by atoms with Crippen molar-refractivity contribution < 1.29 is 14.3 Å². The van der Waals surface area contributed by atoms with Gasteiger partial charge in [0.15, 0.2) is 0 Å². The minimum Gasteiger partial charge on any atom is -0.462 e. The topological polar surface area (TPSA) is 101 Å². The number of hydrogen-bond acceptors (Lipinski definition) is 7. The molecule has 0 spiro atoms. The van der Waals surface area contributed by atoms with Crippen LogP contribution in [-0.4, -0.2) is 40.7 Å². The van der Waals surface area contributed by atoms with Gasteiger partial charge in [-0.3, -0.25) is 9.59 Å². The van der Waals surface area contributed by atoms with Gasteiger partial charge in [0, 0.05) is 18.7 Å². The predicted octanol–water partition coefficient (Wildman–Crippen LogP) is 2.40. The third-order valence-corrected chi connectivity index (χ3v) is 5.60. The first-order valence-electron chi connectivity index (χ1n) is 8.12. The molecule has 0 aliphatic heterocycles. The smallest absolute Gasteiger partial charge is 0.348 e. The summed E-state index contributed by atoms with van der Waals surface area (Å²) in [6, 6.07) is 0. The van der Waals surface area contributed by atoms with E-state index >= 15 is 0 Å². The minimum absolute atomic E-state index is 0.0396. The molecule has 140 valence electrons. The Morgan fingerprint density at radius 1 is 1.46 bits per heavy atom. The molecule has 9 heteroatoms. The molecule has 0 fully saturated rings. The van der Waals surface area contributed by atoms with Crippen molar-refractivity contribution in [3.05, 3.63) is 39.3 Å². The molecule has 0 aromatic carbocycles. The third kappa shape index (κ3) is 4.95. The lowest BCUT2D eigenvalue weighted by atomic mass is 10.2. The van der Waals surface area contributed by atoms with Crippen LogP contribution in [0.3, 0.4) is 0 Å². The van der Waals surface area contributed by atoms with Crippen LogP contribution in [0, 0.1) is 6.92 Å². The number of aromatic nitrogens is 2. The molecule has 0 aliphatic rings. The number of carbonyl (C=O) groups excluding carboxylic acids is 2. The fourth-order valence-corrected chi connectivity index (χ4v) is 4.15. The van der Waals surface area contributed by atoms with Crippen LogP contribution < -0.4 is 10.9 Å². The fraction of sp³-hybridized carbons (Fsp3) is 0.412. The molecule has 0 unspecified atom stereocenters. The number of thioether (sulfide) groups is 1. The molecule has 7 nitrogen and oxygen atoms in total. The van der Waals surface area contributed by atoms with E-state index in [1.165, 1.54) is 23.1 Å². The summed E-state index contributed by atoms with van der Waals surface area (Å²) in [5.41, 5.74) is 0.328. The lowest BCUT2D eigenvalue weighted by Crippen LogP contribution is -2.23. The van der Waals surface area contributed by atoms with Crippen LogP contribution in [0.2, 0.25) is 0 Å². The predicted molar refractivity (Wildman–Crippen MR) is 105 cm³/mol. The molecule has 1 amide bonds. The SMILES string of the molecule is C=CCNC(=O)CCSCc1nc2sc(C(=O)OCC)c(C)c2c(=O)[nH]1. The molecule has 26 heavy (non-hydrogen) atoms. The van der Waals surface area contributed by atoms with E-state index in [0.29, 0.717) is 51.0 Å². The molecule has 2 aromatic rings. The van der Waals surface area contributed by atoms with Crippen LogP contribution in [0.15, 0.2) is 17.4 Å². The van der Waals surface area contributed by atoms with Crippen molar-refractivity contribution in [2.75, 3.05) is 18.9 Å². The monoisotopic (exact) mass is 395 g/mol. The normalized spacial score (nSPS) is 10.7. The summed E-state index contributed by atoms with van der Waals surface area (Å²) in [6.07, 6.45) is 2.01. The highest BCUT2D eigenvalue weighted by Crippen LogP contribution is 2.28. The molecule has 2 rings (SSSR count). The van der Waals surface area contributed by atoms with Gasteiger partial charge in [-0.1, -0.05) is 6.08 Å². The van der Waals surface area contributed by atoms with E-state index in [1.807, 2.05) is 0 Å². The number of esters is 1. The molecule has 0 saturated heterocycles. The summed E-state index contributed by atoms with van der Waals surface area (Å²) < 4.78 is 5.02. The zero-order valence-electron chi connectivity index (χ0n) is 14.7. The highest BCUT2D eigenvalue weighted by atomic mass is 32.2. The number of fused-ring (bicyclic) bond motifs is 1. The van der Waals surface area contributed by atoms with Crippen LogP contribution in [-0.2, 0) is 15.3 Å². The maximum absolute atomic E-state index is 12.3. The average Bonchev–Trinajstić information content (AvgIpc) is 2.94. The standard InChI is InChI=1S/C17H21N3O4S2/c1-4-7-18-12(21)6-8-25-9-11-19-15(22)13-10(3)14(17(23)24-5-2)26-16(13)20-11/h4H,1,5-9H2,2-3H3,(H,18,21)(H,19,20,22). The van der Waals surface area contributed by atoms with Crippen LogP contribution in [0.1, 0.15) is 34.4 Å². The molecule has 0 atom stereocenters. The molecule has 0 aliphatic carbocycles. The van der Waals surface area contributed by atoms with E-state index in [9.17, 15) is 14.4 Å². The second-order valence-corrected chi connectivity index (χ2v) is 7.47. The zero-order valence-corrected chi connectivity index (χ0v) is 16.3. The van der Waals surface area contributed by atoms with Crippen LogP contribution >= 0.6 is 23.1 Å². The number of hydrogen-bond donors (Lipinski definition) is 2. The Hall–Kier alpha value is -2.13. The summed E-state index contributed by atoms with van der Waals surface area (Å²) in [7, 11) is 0. The first kappa shape index (κ1) is 20.2. The Morgan fingerprint density at radius 2 is 2.23 bits per heavy atom. The summed E-state index contributed by atoms with van der Waals surface area (Å²) in [5.74, 6) is 1.14. The Kier molecular flexibility index (Phi) is 7.40. The quantitative estimate of drug-likeness (QED) is 0.384. The molecule has 0 radical (unpaired) electrons. The van der Waals surface area contributed by atoms with E-state index in [-0.39, 0.29) is 18.1 Å². The largest absolute Gasteiger partial charge is 0.462 e. The third-order valence-electron chi connectivity index (χ3n) is 3.47. The summed E-state index contributed by atoms with van der Waals surface area (Å²) in [6.45, 7) is 7.73. The molecule has 2 N–H and O–H groups in total. The van der Waals surface area contributed by atoms with Crippen molar-refractivity contribution in [3.8, 4) is 0 Å². The number of thiophene rings is 1. The summed E-state index contributed by atoms with van der Waals surface area (Å²) in [4.78, 5) is 44.0. The van der Waals surface area contributed by atoms with Gasteiger partial charge in [-0.25, -0.2) is 9.78 Å². The molecule has 0 bridgehead atoms. The Morgan fingerprint density at radius 3 is 2.92 bits per heavy atom. The average molecular weight is 396 g/mol. The van der Waals surface area contributed by atoms with E-state index in [4.69, 9.17) is 4.74 Å². The number of nitrogens with zero attached hydrogens (tertiary/aromatic N) is 1. The summed E-state index contributed by atoms with van der Waals surface area (Å²) >= 11 is 2.67. The number of ether oxygens (including phenoxy) is 1.